The number of hydrogen-bond donors (Lipinski definition) is 1. The van der Waals surface area contributed by atoms with Crippen LogP contribution in [0.4, 0.5) is 5.69 Å². The largest absolute Gasteiger partial charge is 0.482 e. The smallest absolute Gasteiger partial charge is 0.271 e. The number of hydrogen-bond acceptors (Lipinski definition) is 4. The monoisotopic (exact) mass is 378 g/mol. The minimum Gasteiger partial charge on any atom is -0.482 e. The number of non-ortho nitro benzene ring substituents is 1. The van der Waals surface area contributed by atoms with E-state index in [1.165, 1.54) is 56.7 Å². The number of rotatable bonds is 6. The van der Waals surface area contributed by atoms with Crippen molar-refractivity contribution >= 4 is 23.2 Å². The minimum absolute atomic E-state index is 0.103. The van der Waals surface area contributed by atoms with Gasteiger partial charge >= 0.3 is 0 Å². The lowest BCUT2D eigenvalue weighted by molar-refractivity contribution is -0.384. The molecule has 0 radical (unpaired) electrons. The van der Waals surface area contributed by atoms with E-state index in [1.54, 1.807) is 0 Å². The number of nitrogens with zero attached hydrogens (tertiary/aromatic N) is 1. The molecule has 4 aliphatic rings. The summed E-state index contributed by atoms with van der Waals surface area (Å²) in [6.45, 7) is 0.594. The lowest BCUT2D eigenvalue weighted by atomic mass is 9.49. The van der Waals surface area contributed by atoms with Gasteiger partial charge in [-0.15, -0.1) is 0 Å². The van der Waals surface area contributed by atoms with Crippen molar-refractivity contribution < 1.29 is 14.5 Å². The first-order valence-corrected chi connectivity index (χ1v) is 9.64. The number of amides is 1. The third kappa shape index (κ3) is 3.52. The summed E-state index contributed by atoms with van der Waals surface area (Å²) < 4.78 is 5.44. The van der Waals surface area contributed by atoms with Crippen molar-refractivity contribution in [1.29, 1.82) is 0 Å². The van der Waals surface area contributed by atoms with E-state index >= 15 is 0 Å². The Hall–Kier alpha value is -1.82. The van der Waals surface area contributed by atoms with E-state index in [9.17, 15) is 14.9 Å². The highest BCUT2D eigenvalue weighted by molar-refractivity contribution is 6.32. The van der Waals surface area contributed by atoms with Crippen molar-refractivity contribution in [3.63, 3.8) is 0 Å². The highest BCUT2D eigenvalue weighted by Gasteiger charge is 2.50. The molecule has 26 heavy (non-hydrogen) atoms. The minimum atomic E-state index is -0.520. The van der Waals surface area contributed by atoms with Crippen molar-refractivity contribution in [1.82, 2.24) is 5.32 Å². The van der Waals surface area contributed by atoms with Crippen LogP contribution in [-0.4, -0.2) is 24.0 Å². The van der Waals surface area contributed by atoms with Crippen molar-refractivity contribution in [3.8, 4) is 5.75 Å². The fourth-order valence-corrected chi connectivity index (χ4v) is 5.94. The normalized spacial score (nSPS) is 31.7. The van der Waals surface area contributed by atoms with Gasteiger partial charge in [0.1, 0.15) is 5.75 Å². The number of nitro benzene ring substituents is 1. The zero-order chi connectivity index (χ0) is 18.3. The van der Waals surface area contributed by atoms with Gasteiger partial charge in [-0.2, -0.15) is 0 Å². The van der Waals surface area contributed by atoms with E-state index in [-0.39, 0.29) is 34.4 Å². The van der Waals surface area contributed by atoms with Crippen LogP contribution in [0.1, 0.15) is 38.5 Å². The topological polar surface area (TPSA) is 81.5 Å². The van der Waals surface area contributed by atoms with E-state index in [1.807, 2.05) is 0 Å². The van der Waals surface area contributed by atoms with Gasteiger partial charge in [-0.3, -0.25) is 14.9 Å². The van der Waals surface area contributed by atoms with E-state index in [2.05, 4.69) is 5.32 Å². The van der Waals surface area contributed by atoms with Crippen LogP contribution in [0, 0.1) is 33.3 Å². The lowest BCUT2D eigenvalue weighted by Crippen LogP contribution is -2.51. The molecule has 0 aliphatic heterocycles. The molecule has 0 heterocycles. The van der Waals surface area contributed by atoms with Crippen LogP contribution >= 0.6 is 11.6 Å². The second-order valence-electron chi connectivity index (χ2n) is 8.35. The Labute approximate surface area is 157 Å². The van der Waals surface area contributed by atoms with Gasteiger partial charge in [0.15, 0.2) is 6.61 Å². The number of nitro groups is 1. The van der Waals surface area contributed by atoms with Crippen molar-refractivity contribution in [2.45, 2.75) is 38.5 Å². The maximum absolute atomic E-state index is 12.2. The van der Waals surface area contributed by atoms with Crippen LogP contribution in [0.3, 0.4) is 0 Å². The Morgan fingerprint density at radius 3 is 2.38 bits per heavy atom. The fraction of sp³-hybridized carbons (Fsp3) is 0.632. The zero-order valence-electron chi connectivity index (χ0n) is 14.6. The van der Waals surface area contributed by atoms with E-state index in [0.717, 1.165) is 24.3 Å². The number of halogens is 1. The Balaban J connectivity index is 1.29. The summed E-state index contributed by atoms with van der Waals surface area (Å²) in [5, 5.41) is 13.9. The van der Waals surface area contributed by atoms with Crippen molar-refractivity contribution in [3.05, 3.63) is 33.3 Å². The molecule has 1 N–H and O–H groups in total. The molecule has 4 aliphatic carbocycles. The zero-order valence-corrected chi connectivity index (χ0v) is 15.3. The molecule has 0 atom stereocenters. The first-order valence-electron chi connectivity index (χ1n) is 9.26. The van der Waals surface area contributed by atoms with Gasteiger partial charge < -0.3 is 10.1 Å². The number of ether oxygens (including phenoxy) is 1. The fourth-order valence-electron chi connectivity index (χ4n) is 5.71. The van der Waals surface area contributed by atoms with Crippen LogP contribution in [0.15, 0.2) is 18.2 Å². The van der Waals surface area contributed by atoms with Gasteiger partial charge in [0.2, 0.25) is 0 Å². The molecular formula is C19H23ClN2O4. The number of benzene rings is 1. The molecule has 1 aromatic carbocycles. The first kappa shape index (κ1) is 17.6. The van der Waals surface area contributed by atoms with Crippen molar-refractivity contribution in [2.24, 2.45) is 23.2 Å². The summed E-state index contributed by atoms with van der Waals surface area (Å²) >= 11 is 5.98. The first-order chi connectivity index (χ1) is 12.4. The second-order valence-corrected chi connectivity index (χ2v) is 8.76. The highest BCUT2D eigenvalue weighted by Crippen LogP contribution is 2.59. The van der Waals surface area contributed by atoms with Gasteiger partial charge in [0, 0.05) is 18.7 Å². The molecule has 1 aromatic rings. The summed E-state index contributed by atoms with van der Waals surface area (Å²) in [7, 11) is 0. The number of carbonyl (C=O) groups excluding carboxylic acids is 1. The maximum atomic E-state index is 12.2. The van der Waals surface area contributed by atoms with Gasteiger partial charge in [-0.05, 0) is 67.8 Å². The van der Waals surface area contributed by atoms with Crippen LogP contribution in [0.5, 0.6) is 5.75 Å². The lowest BCUT2D eigenvalue weighted by Gasteiger charge is -2.56. The average Bonchev–Trinajstić information content (AvgIpc) is 2.57. The molecule has 4 bridgehead atoms. The van der Waals surface area contributed by atoms with Crippen molar-refractivity contribution in [2.75, 3.05) is 13.2 Å². The quantitative estimate of drug-likeness (QED) is 0.600. The predicted molar refractivity (Wildman–Crippen MR) is 97.2 cm³/mol. The molecule has 0 saturated heterocycles. The molecule has 1 amide bonds. The molecule has 7 heteroatoms. The van der Waals surface area contributed by atoms with Crippen LogP contribution < -0.4 is 10.1 Å². The SMILES string of the molecule is O=C(COc1ccc([N+](=O)[O-])cc1Cl)NCC12CC3CC(CC(C3)C1)C2. The molecule has 0 unspecified atom stereocenters. The Kier molecular flexibility index (Phi) is 4.55. The predicted octanol–water partition coefficient (Wildman–Crippen LogP) is 3.96. The maximum Gasteiger partial charge on any atom is 0.271 e. The van der Waals surface area contributed by atoms with Crippen LogP contribution in [0.25, 0.3) is 0 Å². The summed E-state index contributed by atoms with van der Waals surface area (Å²) in [5.41, 5.74) is 0.184. The molecule has 4 fully saturated rings. The van der Waals surface area contributed by atoms with Gasteiger partial charge in [0.25, 0.3) is 11.6 Å². The average molecular weight is 379 g/mol. The van der Waals surface area contributed by atoms with Gasteiger partial charge in [-0.25, -0.2) is 0 Å². The number of carbonyl (C=O) groups is 1. The number of nitrogens with one attached hydrogen (secondary N) is 1. The molecule has 0 spiro atoms. The highest BCUT2D eigenvalue weighted by atomic mass is 35.5. The Morgan fingerprint density at radius 1 is 1.23 bits per heavy atom. The van der Waals surface area contributed by atoms with Gasteiger partial charge in [0.05, 0.1) is 9.95 Å². The third-order valence-corrected chi connectivity index (χ3v) is 6.61. The third-order valence-electron chi connectivity index (χ3n) is 6.31. The molecule has 0 aromatic heterocycles. The van der Waals surface area contributed by atoms with Gasteiger partial charge in [-0.1, -0.05) is 11.6 Å². The molecule has 5 rings (SSSR count). The summed E-state index contributed by atoms with van der Waals surface area (Å²) in [4.78, 5) is 22.4. The Bertz CT molecular complexity index is 701. The van der Waals surface area contributed by atoms with E-state index in [4.69, 9.17) is 16.3 Å². The summed E-state index contributed by atoms with van der Waals surface area (Å²) in [5.74, 6) is 2.67. The molecule has 4 saturated carbocycles. The summed E-state index contributed by atoms with van der Waals surface area (Å²) in [6, 6.07) is 3.96. The molecule has 140 valence electrons. The Morgan fingerprint density at radius 2 is 1.85 bits per heavy atom. The van der Waals surface area contributed by atoms with E-state index < -0.39 is 4.92 Å². The molecular weight excluding hydrogens is 356 g/mol. The molecule has 6 nitrogen and oxygen atoms in total. The second kappa shape index (κ2) is 6.72. The summed E-state index contributed by atoms with van der Waals surface area (Å²) in [6.07, 6.45) is 7.88. The van der Waals surface area contributed by atoms with E-state index in [0.29, 0.717) is 0 Å². The van der Waals surface area contributed by atoms with Crippen LogP contribution in [-0.2, 0) is 4.79 Å². The standard InChI is InChI=1S/C19H23ClN2O4/c20-16-6-15(22(24)25)1-2-17(16)26-10-18(23)21-11-19-7-12-3-13(8-19)5-14(4-12)9-19/h1-2,6,12-14H,3-5,7-11H2,(H,21,23). The van der Waals surface area contributed by atoms with Crippen LogP contribution in [0.2, 0.25) is 5.02 Å².